The van der Waals surface area contributed by atoms with Crippen LogP contribution in [0.5, 0.6) is 0 Å². The molecule has 0 bridgehead atoms. The SMILES string of the molecule is CN1[CH]CC=CC1. The van der Waals surface area contributed by atoms with Gasteiger partial charge in [0.15, 0.2) is 0 Å². The smallest absolute Gasteiger partial charge is 0.0289 e. The summed E-state index contributed by atoms with van der Waals surface area (Å²) in [7, 11) is 2.09. The maximum atomic E-state index is 2.18. The van der Waals surface area contributed by atoms with Gasteiger partial charge in [0.2, 0.25) is 0 Å². The lowest BCUT2D eigenvalue weighted by atomic mass is 10.3. The van der Waals surface area contributed by atoms with Crippen LogP contribution in [-0.4, -0.2) is 18.5 Å². The largest absolute Gasteiger partial charge is 0.298 e. The summed E-state index contributed by atoms with van der Waals surface area (Å²) in [6.07, 6.45) is 5.47. The van der Waals surface area contributed by atoms with Gasteiger partial charge in [-0.05, 0) is 13.5 Å². The van der Waals surface area contributed by atoms with Gasteiger partial charge in [-0.2, -0.15) is 0 Å². The third-order valence-corrected chi connectivity index (χ3v) is 1.11. The average molecular weight is 96.2 g/mol. The predicted octanol–water partition coefficient (Wildman–Crippen LogP) is 1.04. The van der Waals surface area contributed by atoms with Crippen LogP contribution in [0.25, 0.3) is 0 Å². The Hall–Kier alpha value is -0.300. The van der Waals surface area contributed by atoms with Crippen LogP contribution in [0.3, 0.4) is 0 Å². The highest BCUT2D eigenvalue weighted by Crippen LogP contribution is 2.00. The number of likely N-dealkylation sites (N-methyl/N-ethyl adjacent to an activating group) is 1. The summed E-state index contributed by atoms with van der Waals surface area (Å²) < 4.78 is 0. The monoisotopic (exact) mass is 96.1 g/mol. The van der Waals surface area contributed by atoms with E-state index in [-0.39, 0.29) is 0 Å². The van der Waals surface area contributed by atoms with Crippen molar-refractivity contribution in [2.24, 2.45) is 0 Å². The number of hydrogen-bond acceptors (Lipinski definition) is 1. The molecule has 1 nitrogen and oxygen atoms in total. The minimum absolute atomic E-state index is 1.08. The summed E-state index contributed by atoms with van der Waals surface area (Å²) in [5.41, 5.74) is 0. The second-order valence-corrected chi connectivity index (χ2v) is 1.83. The Morgan fingerprint density at radius 1 is 1.43 bits per heavy atom. The minimum atomic E-state index is 1.08. The maximum Gasteiger partial charge on any atom is 0.0289 e. The minimum Gasteiger partial charge on any atom is -0.298 e. The van der Waals surface area contributed by atoms with E-state index in [1.165, 1.54) is 0 Å². The van der Waals surface area contributed by atoms with Crippen LogP contribution >= 0.6 is 0 Å². The van der Waals surface area contributed by atoms with Crippen molar-refractivity contribution in [2.45, 2.75) is 6.42 Å². The van der Waals surface area contributed by atoms with Crippen molar-refractivity contribution in [3.8, 4) is 0 Å². The zero-order chi connectivity index (χ0) is 5.11. The predicted molar refractivity (Wildman–Crippen MR) is 30.7 cm³/mol. The molecule has 1 aliphatic rings. The van der Waals surface area contributed by atoms with Gasteiger partial charge < -0.3 is 0 Å². The average Bonchev–Trinajstić information content (AvgIpc) is 1.69. The number of hydrogen-bond donors (Lipinski definition) is 0. The maximum absolute atomic E-state index is 2.18. The molecule has 1 heteroatoms. The molecule has 1 radical (unpaired) electrons. The van der Waals surface area contributed by atoms with E-state index < -0.39 is 0 Å². The molecule has 0 N–H and O–H groups in total. The van der Waals surface area contributed by atoms with Crippen molar-refractivity contribution in [3.63, 3.8) is 0 Å². The molecule has 0 saturated heterocycles. The van der Waals surface area contributed by atoms with Crippen LogP contribution in [0.4, 0.5) is 0 Å². The second kappa shape index (κ2) is 2.12. The van der Waals surface area contributed by atoms with Crippen molar-refractivity contribution in [1.82, 2.24) is 4.90 Å². The first-order chi connectivity index (χ1) is 3.39. The highest BCUT2D eigenvalue weighted by Gasteiger charge is 1.96. The van der Waals surface area contributed by atoms with Gasteiger partial charge in [0, 0.05) is 13.1 Å². The van der Waals surface area contributed by atoms with Gasteiger partial charge in [-0.15, -0.1) is 0 Å². The second-order valence-electron chi connectivity index (χ2n) is 1.83. The van der Waals surface area contributed by atoms with E-state index in [4.69, 9.17) is 0 Å². The molecule has 0 aromatic heterocycles. The molecule has 0 aliphatic carbocycles. The van der Waals surface area contributed by atoms with Gasteiger partial charge in [-0.1, -0.05) is 12.2 Å². The summed E-state index contributed by atoms with van der Waals surface area (Å²) >= 11 is 0. The van der Waals surface area contributed by atoms with E-state index >= 15 is 0 Å². The van der Waals surface area contributed by atoms with Gasteiger partial charge in [0.05, 0.1) is 0 Å². The normalized spacial score (nSPS) is 23.0. The van der Waals surface area contributed by atoms with Gasteiger partial charge in [-0.3, -0.25) is 4.90 Å². The van der Waals surface area contributed by atoms with E-state index in [0.29, 0.717) is 0 Å². The first kappa shape index (κ1) is 4.85. The topological polar surface area (TPSA) is 3.24 Å². The lowest BCUT2D eigenvalue weighted by Crippen LogP contribution is -2.16. The third-order valence-electron chi connectivity index (χ3n) is 1.11. The molecule has 0 fully saturated rings. The lowest BCUT2D eigenvalue weighted by Gasteiger charge is -2.15. The Labute approximate surface area is 44.6 Å². The Balaban J connectivity index is 2.32. The molecular formula is C6H10N. The fourth-order valence-electron chi connectivity index (χ4n) is 0.652. The van der Waals surface area contributed by atoms with Gasteiger partial charge in [0.1, 0.15) is 0 Å². The van der Waals surface area contributed by atoms with Crippen LogP contribution in [0.2, 0.25) is 0 Å². The number of rotatable bonds is 0. The van der Waals surface area contributed by atoms with Crippen molar-refractivity contribution in [3.05, 3.63) is 18.7 Å². The Morgan fingerprint density at radius 3 is 2.57 bits per heavy atom. The molecular weight excluding hydrogens is 86.1 g/mol. The van der Waals surface area contributed by atoms with Gasteiger partial charge in [0.25, 0.3) is 0 Å². The van der Waals surface area contributed by atoms with E-state index in [2.05, 4.69) is 30.6 Å². The molecule has 0 aromatic carbocycles. The zero-order valence-electron chi connectivity index (χ0n) is 4.59. The van der Waals surface area contributed by atoms with Gasteiger partial charge in [-0.25, -0.2) is 0 Å². The summed E-state index contributed by atoms with van der Waals surface area (Å²) in [4.78, 5) is 2.18. The fourth-order valence-corrected chi connectivity index (χ4v) is 0.652. The molecule has 0 unspecified atom stereocenters. The quantitative estimate of drug-likeness (QED) is 0.407. The van der Waals surface area contributed by atoms with Crippen LogP contribution < -0.4 is 0 Å². The van der Waals surface area contributed by atoms with Crippen molar-refractivity contribution in [1.29, 1.82) is 0 Å². The third kappa shape index (κ3) is 1.32. The molecule has 0 saturated carbocycles. The highest BCUT2D eigenvalue weighted by molar-refractivity contribution is 4.94. The van der Waals surface area contributed by atoms with E-state index in [1.54, 1.807) is 0 Å². The lowest BCUT2D eigenvalue weighted by molar-refractivity contribution is 0.433. The molecule has 0 spiro atoms. The van der Waals surface area contributed by atoms with Crippen LogP contribution in [-0.2, 0) is 0 Å². The van der Waals surface area contributed by atoms with Crippen LogP contribution in [0.1, 0.15) is 6.42 Å². The standard InChI is InChI=1S/C6H10N/c1-7-5-3-2-4-6-7/h2-3,6H,4-5H2,1H3. The molecule has 7 heavy (non-hydrogen) atoms. The fraction of sp³-hybridized carbons (Fsp3) is 0.500. The molecule has 1 heterocycles. The molecule has 0 atom stereocenters. The molecule has 1 rings (SSSR count). The molecule has 1 aliphatic heterocycles. The van der Waals surface area contributed by atoms with Crippen molar-refractivity contribution in [2.75, 3.05) is 13.6 Å². The summed E-state index contributed by atoms with van der Waals surface area (Å²) in [5.74, 6) is 0. The van der Waals surface area contributed by atoms with Crippen molar-refractivity contribution < 1.29 is 0 Å². The summed E-state index contributed by atoms with van der Waals surface area (Å²) in [6, 6.07) is 0. The number of nitrogens with zero attached hydrogens (tertiary/aromatic N) is 1. The highest BCUT2D eigenvalue weighted by atomic mass is 15.1. The van der Waals surface area contributed by atoms with E-state index in [1.807, 2.05) is 0 Å². The van der Waals surface area contributed by atoms with Crippen LogP contribution in [0.15, 0.2) is 12.2 Å². The first-order valence-corrected chi connectivity index (χ1v) is 2.58. The Kier molecular flexibility index (Phi) is 1.47. The Morgan fingerprint density at radius 2 is 2.29 bits per heavy atom. The van der Waals surface area contributed by atoms with E-state index in [9.17, 15) is 0 Å². The zero-order valence-corrected chi connectivity index (χ0v) is 4.59. The summed E-state index contributed by atoms with van der Waals surface area (Å²) in [5, 5.41) is 0. The van der Waals surface area contributed by atoms with Crippen molar-refractivity contribution >= 4 is 0 Å². The molecule has 0 amide bonds. The molecule has 39 valence electrons. The van der Waals surface area contributed by atoms with E-state index in [0.717, 1.165) is 13.0 Å². The first-order valence-electron chi connectivity index (χ1n) is 2.58. The van der Waals surface area contributed by atoms with Gasteiger partial charge >= 0.3 is 0 Å². The van der Waals surface area contributed by atoms with Crippen LogP contribution in [0, 0.1) is 6.54 Å². The molecule has 0 aromatic rings. The Bertz CT molecular complexity index is 76.2. The summed E-state index contributed by atoms with van der Waals surface area (Å²) in [6.45, 7) is 3.26.